The maximum Gasteiger partial charge on any atom is 0.412 e. The number of carbonyl (C=O) groups is 10. The quantitative estimate of drug-likeness (QED) is 0.0344. The van der Waals surface area contributed by atoms with Gasteiger partial charge in [-0.25, -0.2) is 24.0 Å². The molecule has 0 spiro atoms. The van der Waals surface area contributed by atoms with Gasteiger partial charge in [0.05, 0.1) is 48.2 Å². The van der Waals surface area contributed by atoms with Crippen molar-refractivity contribution in [3.8, 4) is 5.75 Å². The maximum absolute atomic E-state index is 14.4. The zero-order valence-electron chi connectivity index (χ0n) is 55.0. The number of ether oxygens (including phenoxy) is 8. The van der Waals surface area contributed by atoms with Gasteiger partial charge in [0.25, 0.3) is 5.91 Å². The van der Waals surface area contributed by atoms with Gasteiger partial charge in [-0.3, -0.25) is 39.5 Å². The fourth-order valence-electron chi connectivity index (χ4n) is 11.4. The van der Waals surface area contributed by atoms with Gasteiger partial charge in [-0.1, -0.05) is 60.9 Å². The van der Waals surface area contributed by atoms with Crippen molar-refractivity contribution in [3.05, 3.63) is 88.0 Å². The van der Waals surface area contributed by atoms with E-state index in [1.54, 1.807) is 50.5 Å². The summed E-state index contributed by atoms with van der Waals surface area (Å²) in [5.74, 6) is -3.69. The van der Waals surface area contributed by atoms with Crippen LogP contribution in [0.1, 0.15) is 107 Å². The predicted octanol–water partition coefficient (Wildman–Crippen LogP) is 6.90. The lowest BCUT2D eigenvalue weighted by Gasteiger charge is -2.42. The first kappa shape index (κ1) is 73.5. The second kappa shape index (κ2) is 33.0. The number of carbonyl (C=O) groups excluding carboxylic acids is 10. The number of rotatable bonds is 20. The number of nitrogens with one attached hydrogen (secondary N) is 3. The molecule has 10 atom stereocenters. The van der Waals surface area contributed by atoms with Crippen molar-refractivity contribution in [2.24, 2.45) is 5.92 Å². The zero-order chi connectivity index (χ0) is 68.8. The minimum absolute atomic E-state index is 0.00247. The van der Waals surface area contributed by atoms with Gasteiger partial charge in [0, 0.05) is 80.2 Å². The van der Waals surface area contributed by atoms with Crippen molar-refractivity contribution in [1.82, 2.24) is 30.2 Å². The van der Waals surface area contributed by atoms with Crippen LogP contribution in [-0.2, 0) is 70.2 Å². The molecule has 4 N–H and O–H groups in total. The Morgan fingerprint density at radius 2 is 1.67 bits per heavy atom. The van der Waals surface area contributed by atoms with Crippen LogP contribution in [0.5, 0.6) is 5.75 Å². The highest BCUT2D eigenvalue weighted by Gasteiger charge is 2.64. The number of methoxy groups -OCH3 is 2. The lowest BCUT2D eigenvalue weighted by atomic mass is 9.83. The molecule has 3 fully saturated rings. The van der Waals surface area contributed by atoms with Crippen LogP contribution in [-0.4, -0.2) is 219 Å². The Bertz CT molecular complexity index is 3260. The zero-order valence-corrected chi connectivity index (χ0v) is 56.6. The molecular weight excluding hydrogens is 1260 g/mol. The van der Waals surface area contributed by atoms with Crippen LogP contribution in [0.2, 0.25) is 5.02 Å². The van der Waals surface area contributed by atoms with E-state index in [4.69, 9.17) is 49.5 Å². The van der Waals surface area contributed by atoms with Gasteiger partial charge in [0.15, 0.2) is 5.72 Å². The summed E-state index contributed by atoms with van der Waals surface area (Å²) < 4.78 is 46.0. The number of aliphatic hydroxyl groups is 1. The van der Waals surface area contributed by atoms with Crippen LogP contribution >= 0.6 is 23.4 Å². The molecule has 3 saturated heterocycles. The van der Waals surface area contributed by atoms with Gasteiger partial charge in [0.2, 0.25) is 23.6 Å². The number of halogens is 1. The Balaban J connectivity index is 0.928. The Labute approximate surface area is 556 Å². The Hall–Kier alpha value is -7.92. The summed E-state index contributed by atoms with van der Waals surface area (Å²) >= 11 is 8.11. The second-order valence-electron chi connectivity index (χ2n) is 24.2. The smallest absolute Gasteiger partial charge is 0.412 e. The molecule has 0 radical (unpaired) electrons. The Kier molecular flexibility index (Phi) is 25.8. The molecule has 94 heavy (non-hydrogen) atoms. The number of hydrogen-bond acceptors (Lipinski definition) is 20. The Morgan fingerprint density at radius 1 is 0.947 bits per heavy atom. The van der Waals surface area contributed by atoms with Gasteiger partial charge in [0.1, 0.15) is 60.0 Å². The van der Waals surface area contributed by atoms with Crippen molar-refractivity contribution in [3.63, 3.8) is 0 Å². The summed E-state index contributed by atoms with van der Waals surface area (Å²) in [7, 11) is 8.60. The highest BCUT2D eigenvalue weighted by Crippen LogP contribution is 2.49. The van der Waals surface area contributed by atoms with Crippen molar-refractivity contribution in [1.29, 1.82) is 0 Å². The molecule has 4 aliphatic heterocycles. The molecule has 0 saturated carbocycles. The molecule has 514 valence electrons. The normalized spacial score (nSPS) is 26.2. The highest BCUT2D eigenvalue weighted by atomic mass is 35.5. The van der Waals surface area contributed by atoms with E-state index in [0.29, 0.717) is 29.8 Å². The second-order valence-corrected chi connectivity index (χ2v) is 25.7. The molecule has 9 amide bonds. The monoisotopic (exact) mass is 1350 g/mol. The number of nitrogens with zero attached hydrogens (tertiary/aromatic N) is 5. The minimum Gasteiger partial charge on any atom is -0.495 e. The molecule has 5 aliphatic rings. The first-order valence-corrected chi connectivity index (χ1v) is 32.8. The third-order valence-electron chi connectivity index (χ3n) is 17.5. The van der Waals surface area contributed by atoms with Crippen molar-refractivity contribution in [2.45, 2.75) is 152 Å². The summed E-state index contributed by atoms with van der Waals surface area (Å²) in [6.45, 7) is 5.81. The molecule has 2 aromatic rings. The summed E-state index contributed by atoms with van der Waals surface area (Å²) in [5, 5.41) is 19.4. The molecular formula is C65H87ClN8O19S. The number of allylic oxidation sites excluding steroid dienone is 4. The van der Waals surface area contributed by atoms with Crippen molar-refractivity contribution in [2.75, 3.05) is 91.7 Å². The number of likely N-dealkylation sites (tertiary alicyclic amines) is 1. The number of likely N-dealkylation sites (N-methyl/N-ethyl adjacent to an activating group) is 3. The first-order valence-electron chi connectivity index (χ1n) is 31.1. The number of thioether (sulfide) groups is 1. The van der Waals surface area contributed by atoms with E-state index in [9.17, 15) is 53.1 Å². The average molecular weight is 1350 g/mol. The molecule has 0 aromatic heterocycles. The van der Waals surface area contributed by atoms with Gasteiger partial charge < -0.3 is 67.9 Å². The number of fused-ring (bicyclic) bond motifs is 5. The molecule has 4 heterocycles. The summed E-state index contributed by atoms with van der Waals surface area (Å²) in [6, 6.07) is 6.70. The molecule has 27 nitrogen and oxygen atoms in total. The van der Waals surface area contributed by atoms with E-state index < -0.39 is 120 Å². The fraction of sp³-hybridized carbons (Fsp3) is 0.569. The number of imide groups is 1. The molecule has 4 bridgehead atoms. The summed E-state index contributed by atoms with van der Waals surface area (Å²) in [6.07, 6.45) is 6.87. The van der Waals surface area contributed by atoms with E-state index in [1.165, 1.54) is 87.9 Å². The third kappa shape index (κ3) is 18.7. The van der Waals surface area contributed by atoms with Crippen LogP contribution in [0.3, 0.4) is 0 Å². The van der Waals surface area contributed by atoms with Gasteiger partial charge in [-0.15, -0.1) is 0 Å². The number of anilines is 2. The van der Waals surface area contributed by atoms with Crippen LogP contribution < -0.4 is 25.6 Å². The molecule has 1 aliphatic carbocycles. The molecule has 29 heteroatoms. The topological polar surface area (TPSA) is 320 Å². The standard InChI is InChI=1S/C65H87ClN8O19S/c1-38-18-17-21-50(87-10)65(85)36-48(91-61(82)69-65)39(2)56-64(4,93-56)51(35-53(76)73(8)46-32-42(30-38)33-47(86-9)55(46)66)92-59(80)40(3)72(7)52(75)24-29-88-62(83)70(5)27-28-71(6)63(84)89-37-41-22-23-45(68-60(81)90-43-19-15-13-12-14-16-20-43)44(31-41)57(78)67-25-26-74-54(77)34-49(94-11)58(74)79/h15,17-19,21-23,31-33,39-40,43,48-51,56,85H,12-14,16,20,24-30,34-37H2,1-11H3,(H,67,78)(H,68,81)(H,69,82)/b19-15+,21-17+,38-18+/t39-,40+,43?,48+,49?,50-,51+,56?,64+,65+/m1/s1. The van der Waals surface area contributed by atoms with Crippen LogP contribution in [0.4, 0.5) is 30.6 Å². The number of esters is 1. The molecule has 7 rings (SSSR count). The van der Waals surface area contributed by atoms with Gasteiger partial charge >= 0.3 is 30.3 Å². The number of amides is 9. The van der Waals surface area contributed by atoms with E-state index in [2.05, 4.69) is 16.0 Å². The molecule has 3 unspecified atom stereocenters. The van der Waals surface area contributed by atoms with E-state index >= 15 is 0 Å². The fourth-order valence-corrected chi connectivity index (χ4v) is 12.3. The summed E-state index contributed by atoms with van der Waals surface area (Å²) in [4.78, 5) is 140. The Morgan fingerprint density at radius 3 is 2.36 bits per heavy atom. The first-order chi connectivity index (χ1) is 44.6. The lowest BCUT2D eigenvalue weighted by Crippen LogP contribution is -2.63. The van der Waals surface area contributed by atoms with Gasteiger partial charge in [-0.05, 0) is 101 Å². The number of epoxide rings is 1. The van der Waals surface area contributed by atoms with Crippen molar-refractivity contribution >= 4 is 94.6 Å². The van der Waals surface area contributed by atoms with Crippen LogP contribution in [0, 0.1) is 5.92 Å². The van der Waals surface area contributed by atoms with Gasteiger partial charge in [-0.2, -0.15) is 11.8 Å². The summed E-state index contributed by atoms with van der Waals surface area (Å²) in [5.41, 5.74) is -0.884. The largest absolute Gasteiger partial charge is 0.495 e. The highest BCUT2D eigenvalue weighted by molar-refractivity contribution is 8.00. The number of benzene rings is 2. The average Bonchev–Trinajstić information content (AvgIpc) is 1.57. The maximum atomic E-state index is 14.4. The number of alkyl carbamates (subject to hydrolysis) is 1. The minimum atomic E-state index is -1.91. The van der Waals surface area contributed by atoms with Crippen LogP contribution in [0.25, 0.3) is 0 Å². The SMILES string of the molecule is COc1cc2cc(c1Cl)N(C)C(=O)C[C@H](OC(=O)[C@H](C)N(C)C(=O)CCOC(=O)N(C)CCN(C)C(=O)OCc1ccc(NC(=O)OC3/C=C/CCCCC3)c(C(=O)NCCN3C(=O)CC(SC)C3=O)c1)[C@]1(C)OC1[C@H](C)[C@@H]1C[C@@](O)(NC(=O)O1)[C@H](OC)/C=C/C=C(\C)C2. The lowest BCUT2D eigenvalue weighted by molar-refractivity contribution is -0.162. The van der Waals surface area contributed by atoms with E-state index in [-0.39, 0.29) is 80.1 Å². The van der Waals surface area contributed by atoms with E-state index in [0.717, 1.165) is 46.6 Å². The predicted molar refractivity (Wildman–Crippen MR) is 346 cm³/mol. The van der Waals surface area contributed by atoms with Crippen molar-refractivity contribution < 1.29 is 90.9 Å². The van der Waals surface area contributed by atoms with E-state index in [1.807, 2.05) is 25.2 Å². The third-order valence-corrected chi connectivity index (χ3v) is 18.8. The number of hydrogen-bond donors (Lipinski definition) is 4. The molecule has 2 aromatic carbocycles. The van der Waals surface area contributed by atoms with Crippen LogP contribution in [0.15, 0.2) is 66.3 Å².